The first-order valence-electron chi connectivity index (χ1n) is 6.53. The normalized spacial score (nSPS) is 16.8. The second-order valence-electron chi connectivity index (χ2n) is 4.55. The van der Waals surface area contributed by atoms with Crippen LogP contribution in [0.2, 0.25) is 0 Å². The third-order valence-corrected chi connectivity index (χ3v) is 3.06. The van der Waals surface area contributed by atoms with Crippen LogP contribution in [0.3, 0.4) is 0 Å². The lowest BCUT2D eigenvalue weighted by molar-refractivity contribution is 0.325. The molecule has 1 N–H and O–H groups in total. The number of anilines is 1. The van der Waals surface area contributed by atoms with Gasteiger partial charge >= 0.3 is 0 Å². The lowest BCUT2D eigenvalue weighted by Crippen LogP contribution is -2.23. The molecule has 1 saturated carbocycles. The van der Waals surface area contributed by atoms with E-state index in [1.807, 2.05) is 19.9 Å². The van der Waals surface area contributed by atoms with Gasteiger partial charge in [0.05, 0.1) is 6.61 Å². The molecule has 1 aliphatic carbocycles. The number of nitrogens with one attached hydrogen (secondary N) is 1. The molecule has 1 aromatic heterocycles. The molecule has 17 heavy (non-hydrogen) atoms. The molecule has 0 radical (unpaired) electrons. The predicted molar refractivity (Wildman–Crippen MR) is 68.4 cm³/mol. The number of hydrogen-bond donors (Lipinski definition) is 1. The summed E-state index contributed by atoms with van der Waals surface area (Å²) in [6.45, 7) is 4.50. The number of aryl methyl sites for hydroxylation is 1. The van der Waals surface area contributed by atoms with Crippen molar-refractivity contribution in [1.82, 2.24) is 9.97 Å². The molecule has 4 heteroatoms. The van der Waals surface area contributed by atoms with Crippen molar-refractivity contribution in [1.29, 1.82) is 0 Å². The summed E-state index contributed by atoms with van der Waals surface area (Å²) in [5.41, 5.74) is 0. The monoisotopic (exact) mass is 235 g/mol. The Morgan fingerprint density at radius 3 is 2.76 bits per heavy atom. The molecule has 1 aromatic rings. The van der Waals surface area contributed by atoms with E-state index in [0.717, 1.165) is 11.6 Å². The van der Waals surface area contributed by atoms with Crippen LogP contribution in [0.4, 0.5) is 5.82 Å². The van der Waals surface area contributed by atoms with Gasteiger partial charge in [-0.05, 0) is 26.7 Å². The zero-order chi connectivity index (χ0) is 12.1. The highest BCUT2D eigenvalue weighted by atomic mass is 16.5. The number of aromatic nitrogens is 2. The largest absolute Gasteiger partial charge is 0.478 e. The molecule has 0 amide bonds. The molecular formula is C13H21N3O. The fraction of sp³-hybridized carbons (Fsp3) is 0.692. The lowest BCUT2D eigenvalue weighted by Gasteiger charge is -2.23. The highest BCUT2D eigenvalue weighted by Crippen LogP contribution is 2.22. The molecule has 1 aliphatic rings. The first-order chi connectivity index (χ1) is 8.28. The van der Waals surface area contributed by atoms with E-state index in [1.165, 1.54) is 32.1 Å². The van der Waals surface area contributed by atoms with Crippen LogP contribution < -0.4 is 10.1 Å². The van der Waals surface area contributed by atoms with Gasteiger partial charge in [-0.25, -0.2) is 4.98 Å². The van der Waals surface area contributed by atoms with Crippen LogP contribution >= 0.6 is 0 Å². The summed E-state index contributed by atoms with van der Waals surface area (Å²) in [6.07, 6.45) is 6.49. The molecule has 4 nitrogen and oxygen atoms in total. The molecule has 0 atom stereocenters. The van der Waals surface area contributed by atoms with Gasteiger partial charge in [-0.1, -0.05) is 19.3 Å². The Bertz CT molecular complexity index is 362. The van der Waals surface area contributed by atoms with Crippen molar-refractivity contribution in [3.8, 4) is 5.88 Å². The third kappa shape index (κ3) is 3.58. The van der Waals surface area contributed by atoms with Gasteiger partial charge in [0.15, 0.2) is 0 Å². The molecular weight excluding hydrogens is 214 g/mol. The SMILES string of the molecule is CCOc1cc(NC2CCCCC2)nc(C)n1. The second-order valence-corrected chi connectivity index (χ2v) is 4.55. The van der Waals surface area contributed by atoms with Crippen LogP contribution in [0.15, 0.2) is 6.07 Å². The van der Waals surface area contributed by atoms with Crippen molar-refractivity contribution in [2.24, 2.45) is 0 Å². The van der Waals surface area contributed by atoms with Crippen LogP contribution in [-0.4, -0.2) is 22.6 Å². The molecule has 0 aliphatic heterocycles. The first kappa shape index (κ1) is 12.1. The number of ether oxygens (including phenoxy) is 1. The number of nitrogens with zero attached hydrogens (tertiary/aromatic N) is 2. The Kier molecular flexibility index (Phi) is 4.18. The molecule has 94 valence electrons. The van der Waals surface area contributed by atoms with Crippen molar-refractivity contribution in [2.45, 2.75) is 52.0 Å². The minimum Gasteiger partial charge on any atom is -0.478 e. The van der Waals surface area contributed by atoms with Crippen molar-refractivity contribution < 1.29 is 4.74 Å². The van der Waals surface area contributed by atoms with Gasteiger partial charge in [-0.2, -0.15) is 4.98 Å². The van der Waals surface area contributed by atoms with E-state index in [-0.39, 0.29) is 0 Å². The van der Waals surface area contributed by atoms with Crippen molar-refractivity contribution in [2.75, 3.05) is 11.9 Å². The minimum atomic E-state index is 0.563. The Morgan fingerprint density at radius 1 is 1.29 bits per heavy atom. The van der Waals surface area contributed by atoms with E-state index >= 15 is 0 Å². The summed E-state index contributed by atoms with van der Waals surface area (Å²) >= 11 is 0. The molecule has 0 aromatic carbocycles. The fourth-order valence-corrected chi connectivity index (χ4v) is 2.29. The third-order valence-electron chi connectivity index (χ3n) is 3.06. The maximum absolute atomic E-state index is 5.43. The van der Waals surface area contributed by atoms with E-state index in [1.54, 1.807) is 0 Å². The average molecular weight is 235 g/mol. The summed E-state index contributed by atoms with van der Waals surface area (Å²) in [4.78, 5) is 8.65. The van der Waals surface area contributed by atoms with Crippen molar-refractivity contribution in [3.05, 3.63) is 11.9 Å². The highest BCUT2D eigenvalue weighted by molar-refractivity contribution is 5.39. The second kappa shape index (κ2) is 5.84. The molecule has 0 spiro atoms. The zero-order valence-corrected chi connectivity index (χ0v) is 10.7. The van der Waals surface area contributed by atoms with Crippen LogP contribution in [0.5, 0.6) is 5.88 Å². The van der Waals surface area contributed by atoms with Crippen LogP contribution in [0, 0.1) is 6.92 Å². The van der Waals surface area contributed by atoms with Crippen LogP contribution in [-0.2, 0) is 0 Å². The quantitative estimate of drug-likeness (QED) is 0.871. The summed E-state index contributed by atoms with van der Waals surface area (Å²) < 4.78 is 5.43. The number of hydrogen-bond acceptors (Lipinski definition) is 4. The van der Waals surface area contributed by atoms with E-state index in [0.29, 0.717) is 18.5 Å². The fourth-order valence-electron chi connectivity index (χ4n) is 2.29. The molecule has 0 bridgehead atoms. The Labute approximate surface area is 103 Å². The Hall–Kier alpha value is -1.32. The number of rotatable bonds is 4. The maximum Gasteiger partial charge on any atom is 0.218 e. The van der Waals surface area contributed by atoms with Gasteiger partial charge in [-0.3, -0.25) is 0 Å². The van der Waals surface area contributed by atoms with Crippen molar-refractivity contribution >= 4 is 5.82 Å². The van der Waals surface area contributed by atoms with Crippen LogP contribution in [0.1, 0.15) is 44.9 Å². The molecule has 2 rings (SSSR count). The smallest absolute Gasteiger partial charge is 0.218 e. The molecule has 0 saturated heterocycles. The van der Waals surface area contributed by atoms with Gasteiger partial charge in [-0.15, -0.1) is 0 Å². The summed E-state index contributed by atoms with van der Waals surface area (Å²) in [5.74, 6) is 2.32. The van der Waals surface area contributed by atoms with E-state index in [9.17, 15) is 0 Å². The van der Waals surface area contributed by atoms with E-state index in [4.69, 9.17) is 4.74 Å². The molecule has 1 heterocycles. The maximum atomic E-state index is 5.43. The summed E-state index contributed by atoms with van der Waals surface area (Å²) in [6, 6.07) is 2.46. The summed E-state index contributed by atoms with van der Waals surface area (Å²) in [7, 11) is 0. The predicted octanol–water partition coefficient (Wildman–Crippen LogP) is 2.93. The lowest BCUT2D eigenvalue weighted by atomic mass is 9.95. The molecule has 1 fully saturated rings. The van der Waals surface area contributed by atoms with Gasteiger partial charge in [0.1, 0.15) is 11.6 Å². The van der Waals surface area contributed by atoms with E-state index < -0.39 is 0 Å². The van der Waals surface area contributed by atoms with Gasteiger partial charge in [0, 0.05) is 12.1 Å². The van der Waals surface area contributed by atoms with E-state index in [2.05, 4.69) is 15.3 Å². The highest BCUT2D eigenvalue weighted by Gasteiger charge is 2.14. The topological polar surface area (TPSA) is 47.0 Å². The minimum absolute atomic E-state index is 0.563. The zero-order valence-electron chi connectivity index (χ0n) is 10.7. The van der Waals surface area contributed by atoms with Crippen molar-refractivity contribution in [3.63, 3.8) is 0 Å². The average Bonchev–Trinajstić information content (AvgIpc) is 2.30. The van der Waals surface area contributed by atoms with Gasteiger partial charge in [0.2, 0.25) is 5.88 Å². The Morgan fingerprint density at radius 2 is 2.06 bits per heavy atom. The van der Waals surface area contributed by atoms with Crippen LogP contribution in [0.25, 0.3) is 0 Å². The standard InChI is InChI=1S/C13H21N3O/c1-3-17-13-9-12(14-10(2)15-13)16-11-7-5-4-6-8-11/h9,11H,3-8H2,1-2H3,(H,14,15,16). The molecule has 0 unspecified atom stereocenters. The van der Waals surface area contributed by atoms with Gasteiger partial charge in [0.25, 0.3) is 0 Å². The first-order valence-corrected chi connectivity index (χ1v) is 6.53. The van der Waals surface area contributed by atoms with Gasteiger partial charge < -0.3 is 10.1 Å². The summed E-state index contributed by atoms with van der Waals surface area (Å²) in [5, 5.41) is 3.49. The Balaban J connectivity index is 2.03.